The molecular formula is C9H10N4O2S. The molecule has 0 spiro atoms. The zero-order chi connectivity index (χ0) is 11.8. The van der Waals surface area contributed by atoms with Gasteiger partial charge in [0, 0.05) is 12.6 Å². The highest BCUT2D eigenvalue weighted by molar-refractivity contribution is 7.89. The van der Waals surface area contributed by atoms with Crippen molar-refractivity contribution in [3.63, 3.8) is 0 Å². The lowest BCUT2D eigenvalue weighted by atomic mass is 10.2. The summed E-state index contributed by atoms with van der Waals surface area (Å²) < 4.78 is 24.4. The van der Waals surface area contributed by atoms with Crippen molar-refractivity contribution in [3.05, 3.63) is 30.6 Å². The van der Waals surface area contributed by atoms with Crippen molar-refractivity contribution in [1.82, 2.24) is 14.8 Å². The van der Waals surface area contributed by atoms with Crippen molar-refractivity contribution in [2.45, 2.75) is 4.90 Å². The van der Waals surface area contributed by atoms with Gasteiger partial charge in [0.2, 0.25) is 10.0 Å². The molecule has 0 atom stereocenters. The van der Waals surface area contributed by atoms with Gasteiger partial charge in [-0.1, -0.05) is 12.1 Å². The molecule has 2 N–H and O–H groups in total. The molecule has 0 aliphatic carbocycles. The highest BCUT2D eigenvalue weighted by atomic mass is 32.2. The lowest BCUT2D eigenvalue weighted by Crippen LogP contribution is -2.14. The molecule has 7 heteroatoms. The number of nitrogens with two attached hydrogens (primary N) is 1. The van der Waals surface area contributed by atoms with Crippen LogP contribution in [0.1, 0.15) is 0 Å². The fourth-order valence-corrected chi connectivity index (χ4v) is 2.16. The Balaban J connectivity index is 2.72. The third-order valence-electron chi connectivity index (χ3n) is 2.15. The van der Waals surface area contributed by atoms with E-state index in [2.05, 4.69) is 10.2 Å². The Morgan fingerprint density at radius 2 is 2.00 bits per heavy atom. The zero-order valence-corrected chi connectivity index (χ0v) is 9.35. The number of hydrogen-bond donors (Lipinski definition) is 1. The fourth-order valence-electron chi connectivity index (χ4n) is 1.43. The molecule has 0 radical (unpaired) electrons. The molecule has 0 aliphatic rings. The fraction of sp³-hybridized carbons (Fsp3) is 0.111. The van der Waals surface area contributed by atoms with E-state index in [0.717, 1.165) is 0 Å². The molecule has 6 nitrogen and oxygen atoms in total. The van der Waals surface area contributed by atoms with Gasteiger partial charge in [-0.15, -0.1) is 10.2 Å². The van der Waals surface area contributed by atoms with Crippen molar-refractivity contribution in [1.29, 1.82) is 0 Å². The maximum atomic E-state index is 11.4. The van der Waals surface area contributed by atoms with Gasteiger partial charge in [-0.05, 0) is 12.1 Å². The van der Waals surface area contributed by atoms with E-state index in [1.54, 1.807) is 29.8 Å². The molecule has 0 aliphatic heterocycles. The summed E-state index contributed by atoms with van der Waals surface area (Å²) in [6, 6.07) is 6.42. The predicted octanol–water partition coefficient (Wildman–Crippen LogP) is 0.129. The Morgan fingerprint density at radius 1 is 1.31 bits per heavy atom. The topological polar surface area (TPSA) is 90.9 Å². The van der Waals surface area contributed by atoms with Gasteiger partial charge in [0.05, 0.1) is 4.90 Å². The van der Waals surface area contributed by atoms with Gasteiger partial charge in [0.1, 0.15) is 6.33 Å². The summed E-state index contributed by atoms with van der Waals surface area (Å²) in [6.07, 6.45) is 1.50. The van der Waals surface area contributed by atoms with Gasteiger partial charge >= 0.3 is 0 Å². The molecule has 0 bridgehead atoms. The second kappa shape index (κ2) is 3.69. The summed E-state index contributed by atoms with van der Waals surface area (Å²) in [5.74, 6) is 0.463. The van der Waals surface area contributed by atoms with Crippen molar-refractivity contribution in [2.24, 2.45) is 12.2 Å². The number of aryl methyl sites for hydroxylation is 1. The normalized spacial score (nSPS) is 11.6. The van der Waals surface area contributed by atoms with E-state index < -0.39 is 10.0 Å². The lowest BCUT2D eigenvalue weighted by Gasteiger charge is -2.05. The molecule has 0 saturated carbocycles. The maximum absolute atomic E-state index is 11.4. The molecule has 2 aromatic rings. The largest absolute Gasteiger partial charge is 0.317 e. The first-order chi connectivity index (χ1) is 7.50. The average molecular weight is 238 g/mol. The smallest absolute Gasteiger partial charge is 0.238 e. The number of primary sulfonamides is 1. The van der Waals surface area contributed by atoms with Crippen LogP contribution in [0.5, 0.6) is 0 Å². The van der Waals surface area contributed by atoms with Gasteiger partial charge < -0.3 is 4.57 Å². The van der Waals surface area contributed by atoms with E-state index >= 15 is 0 Å². The van der Waals surface area contributed by atoms with E-state index in [9.17, 15) is 8.42 Å². The van der Waals surface area contributed by atoms with Crippen LogP contribution < -0.4 is 5.14 Å². The molecular weight excluding hydrogens is 228 g/mol. The predicted molar refractivity (Wildman–Crippen MR) is 57.8 cm³/mol. The monoisotopic (exact) mass is 238 g/mol. The number of hydrogen-bond acceptors (Lipinski definition) is 4. The minimum atomic E-state index is -3.76. The van der Waals surface area contributed by atoms with Crippen LogP contribution in [0.15, 0.2) is 35.5 Å². The van der Waals surface area contributed by atoms with Crippen LogP contribution in [-0.4, -0.2) is 23.2 Å². The highest BCUT2D eigenvalue weighted by Crippen LogP contribution is 2.23. The molecule has 16 heavy (non-hydrogen) atoms. The van der Waals surface area contributed by atoms with Gasteiger partial charge in [0.25, 0.3) is 0 Å². The third kappa shape index (κ3) is 1.82. The van der Waals surface area contributed by atoms with Gasteiger partial charge in [0.15, 0.2) is 5.82 Å². The summed E-state index contributed by atoms with van der Waals surface area (Å²) in [6.45, 7) is 0. The Labute approximate surface area is 92.8 Å². The van der Waals surface area contributed by atoms with Crippen LogP contribution in [-0.2, 0) is 17.1 Å². The second-order valence-electron chi connectivity index (χ2n) is 3.31. The highest BCUT2D eigenvalue weighted by Gasteiger charge is 2.17. The molecule has 0 amide bonds. The number of rotatable bonds is 2. The molecule has 0 saturated heterocycles. The zero-order valence-electron chi connectivity index (χ0n) is 8.53. The Morgan fingerprint density at radius 3 is 2.56 bits per heavy atom. The Hall–Kier alpha value is -1.73. The van der Waals surface area contributed by atoms with Crippen LogP contribution in [0.4, 0.5) is 0 Å². The van der Waals surface area contributed by atoms with Crippen molar-refractivity contribution >= 4 is 10.0 Å². The summed E-state index contributed by atoms with van der Waals surface area (Å²) in [4.78, 5) is 0.0473. The van der Waals surface area contributed by atoms with Crippen LogP contribution in [0.3, 0.4) is 0 Å². The summed E-state index contributed by atoms with van der Waals surface area (Å²) in [5, 5.41) is 12.7. The van der Waals surface area contributed by atoms with Crippen molar-refractivity contribution in [3.8, 4) is 11.4 Å². The average Bonchev–Trinajstić information content (AvgIpc) is 2.63. The summed E-state index contributed by atoms with van der Waals surface area (Å²) in [5.41, 5.74) is 0.449. The Kier molecular flexibility index (Phi) is 2.49. The molecule has 84 valence electrons. The second-order valence-corrected chi connectivity index (χ2v) is 4.84. The van der Waals surface area contributed by atoms with E-state index in [4.69, 9.17) is 5.14 Å². The molecule has 1 aromatic heterocycles. The number of sulfonamides is 1. The van der Waals surface area contributed by atoms with Gasteiger partial charge in [-0.25, -0.2) is 13.6 Å². The SMILES string of the molecule is Cn1cnnc1-c1ccccc1S(N)(=O)=O. The number of nitrogens with zero attached hydrogens (tertiary/aromatic N) is 3. The van der Waals surface area contributed by atoms with Gasteiger partial charge in [-0.2, -0.15) is 0 Å². The van der Waals surface area contributed by atoms with Crippen LogP contribution in [0.2, 0.25) is 0 Å². The van der Waals surface area contributed by atoms with E-state index in [1.807, 2.05) is 0 Å². The van der Waals surface area contributed by atoms with E-state index in [-0.39, 0.29) is 4.90 Å². The molecule has 0 fully saturated rings. The van der Waals surface area contributed by atoms with Crippen molar-refractivity contribution in [2.75, 3.05) is 0 Å². The molecule has 2 rings (SSSR count). The summed E-state index contributed by atoms with van der Waals surface area (Å²) >= 11 is 0. The first-order valence-corrected chi connectivity index (χ1v) is 6.01. The number of benzene rings is 1. The van der Waals surface area contributed by atoms with E-state index in [0.29, 0.717) is 11.4 Å². The molecule has 1 aromatic carbocycles. The quantitative estimate of drug-likeness (QED) is 0.805. The minimum absolute atomic E-state index is 0.0473. The van der Waals surface area contributed by atoms with Crippen LogP contribution >= 0.6 is 0 Å². The van der Waals surface area contributed by atoms with Crippen LogP contribution in [0.25, 0.3) is 11.4 Å². The van der Waals surface area contributed by atoms with Crippen LogP contribution in [0, 0.1) is 0 Å². The lowest BCUT2D eigenvalue weighted by molar-refractivity contribution is 0.598. The standard InChI is InChI=1S/C9H10N4O2S/c1-13-6-11-12-9(13)7-4-2-3-5-8(7)16(10,14)15/h2-6H,1H3,(H2,10,14,15). The maximum Gasteiger partial charge on any atom is 0.238 e. The van der Waals surface area contributed by atoms with Gasteiger partial charge in [-0.3, -0.25) is 0 Å². The van der Waals surface area contributed by atoms with Crippen molar-refractivity contribution < 1.29 is 8.42 Å². The summed E-state index contributed by atoms with van der Waals surface area (Å²) in [7, 11) is -2.03. The molecule has 0 unspecified atom stereocenters. The number of aromatic nitrogens is 3. The first kappa shape index (κ1) is 10.8. The Bertz CT molecular complexity index is 618. The third-order valence-corrected chi connectivity index (χ3v) is 3.11. The first-order valence-electron chi connectivity index (χ1n) is 4.46. The van der Waals surface area contributed by atoms with E-state index in [1.165, 1.54) is 12.4 Å². The minimum Gasteiger partial charge on any atom is -0.317 e. The molecule has 1 heterocycles.